The summed E-state index contributed by atoms with van der Waals surface area (Å²) in [4.78, 5) is 25.7. The fraction of sp³-hybridized carbons (Fsp3) is 0.353. The molecule has 134 valence electrons. The molecule has 1 heterocycles. The topological polar surface area (TPSA) is 75.4 Å². The lowest BCUT2D eigenvalue weighted by Gasteiger charge is -2.20. The molecule has 0 unspecified atom stereocenters. The number of halogens is 1. The van der Waals surface area contributed by atoms with Crippen LogP contribution in [0.4, 0.5) is 10.2 Å². The molecular weight excluding hydrogens is 345 g/mol. The van der Waals surface area contributed by atoms with E-state index in [2.05, 4.69) is 10.5 Å². The number of anilines is 1. The molecule has 1 aromatic heterocycles. The standard InChI is InChI=1S/C17H20FN3O3S/c1-3-21(9-13-5-4-6-14(18)8-13)17(23)11-25-10-16(22)19-15-7-12(2)24-20-15/h4-8H,3,9-11H2,1-2H3,(H,19,20,22). The van der Waals surface area contributed by atoms with E-state index in [1.165, 1.54) is 23.9 Å². The Morgan fingerprint density at radius 1 is 1.32 bits per heavy atom. The van der Waals surface area contributed by atoms with Crippen LogP contribution in [0.1, 0.15) is 18.2 Å². The molecule has 6 nitrogen and oxygen atoms in total. The fourth-order valence-electron chi connectivity index (χ4n) is 2.16. The lowest BCUT2D eigenvalue weighted by atomic mass is 10.2. The number of rotatable bonds is 8. The Hall–Kier alpha value is -2.35. The van der Waals surface area contributed by atoms with Crippen LogP contribution >= 0.6 is 11.8 Å². The van der Waals surface area contributed by atoms with Crippen LogP contribution < -0.4 is 5.32 Å². The molecule has 0 saturated heterocycles. The van der Waals surface area contributed by atoms with Crippen molar-refractivity contribution in [3.05, 3.63) is 47.5 Å². The summed E-state index contributed by atoms with van der Waals surface area (Å²) in [6, 6.07) is 7.79. The first-order chi connectivity index (χ1) is 12.0. The monoisotopic (exact) mass is 365 g/mol. The summed E-state index contributed by atoms with van der Waals surface area (Å²) in [5.74, 6) is 0.602. The van der Waals surface area contributed by atoms with Gasteiger partial charge in [-0.25, -0.2) is 4.39 Å². The number of amides is 2. The molecule has 0 saturated carbocycles. The van der Waals surface area contributed by atoms with Crippen LogP contribution in [0.15, 0.2) is 34.9 Å². The largest absolute Gasteiger partial charge is 0.360 e. The van der Waals surface area contributed by atoms with E-state index in [0.717, 1.165) is 5.56 Å². The number of nitrogens with one attached hydrogen (secondary N) is 1. The van der Waals surface area contributed by atoms with Crippen molar-refractivity contribution in [1.82, 2.24) is 10.1 Å². The van der Waals surface area contributed by atoms with E-state index in [-0.39, 0.29) is 29.1 Å². The van der Waals surface area contributed by atoms with Crippen molar-refractivity contribution in [2.75, 3.05) is 23.4 Å². The number of benzene rings is 1. The molecule has 0 spiro atoms. The molecule has 0 fully saturated rings. The van der Waals surface area contributed by atoms with Crippen molar-refractivity contribution >= 4 is 29.4 Å². The molecule has 0 aliphatic carbocycles. The minimum atomic E-state index is -0.324. The maximum absolute atomic E-state index is 13.2. The van der Waals surface area contributed by atoms with Crippen molar-refractivity contribution < 1.29 is 18.5 Å². The highest BCUT2D eigenvalue weighted by Gasteiger charge is 2.14. The smallest absolute Gasteiger partial charge is 0.235 e. The molecule has 0 aliphatic heterocycles. The Kier molecular flexibility index (Phi) is 7.00. The van der Waals surface area contributed by atoms with Gasteiger partial charge in [0, 0.05) is 19.2 Å². The lowest BCUT2D eigenvalue weighted by molar-refractivity contribution is -0.128. The Bertz CT molecular complexity index is 735. The second-order valence-corrected chi connectivity index (χ2v) is 6.39. The molecule has 0 aliphatic rings. The van der Waals surface area contributed by atoms with Crippen molar-refractivity contribution in [3.8, 4) is 0 Å². The van der Waals surface area contributed by atoms with Gasteiger partial charge in [-0.3, -0.25) is 9.59 Å². The minimum Gasteiger partial charge on any atom is -0.360 e. The number of thioether (sulfide) groups is 1. The quantitative estimate of drug-likeness (QED) is 0.778. The minimum absolute atomic E-state index is 0.0955. The molecule has 1 N–H and O–H groups in total. The zero-order valence-electron chi connectivity index (χ0n) is 14.1. The Labute approximate surface area is 149 Å². The summed E-state index contributed by atoms with van der Waals surface area (Å²) in [5, 5.41) is 6.27. The van der Waals surface area contributed by atoms with Crippen molar-refractivity contribution in [1.29, 1.82) is 0 Å². The number of nitrogens with zero attached hydrogens (tertiary/aromatic N) is 2. The molecule has 0 atom stereocenters. The molecule has 2 rings (SSSR count). The van der Waals surface area contributed by atoms with E-state index < -0.39 is 0 Å². The van der Waals surface area contributed by atoms with Gasteiger partial charge in [-0.05, 0) is 31.5 Å². The third-order valence-corrected chi connectivity index (χ3v) is 4.27. The molecule has 0 bridgehead atoms. The lowest BCUT2D eigenvalue weighted by Crippen LogP contribution is -2.32. The highest BCUT2D eigenvalue weighted by Crippen LogP contribution is 2.11. The van der Waals surface area contributed by atoms with Gasteiger partial charge < -0.3 is 14.7 Å². The molecular formula is C17H20FN3O3S. The molecule has 1 aromatic carbocycles. The van der Waals surface area contributed by atoms with Gasteiger partial charge in [0.2, 0.25) is 11.8 Å². The summed E-state index contributed by atoms with van der Waals surface area (Å²) < 4.78 is 18.1. The SMILES string of the molecule is CCN(Cc1cccc(F)c1)C(=O)CSCC(=O)Nc1cc(C)on1. The number of carbonyl (C=O) groups is 2. The summed E-state index contributed by atoms with van der Waals surface area (Å²) >= 11 is 1.22. The summed E-state index contributed by atoms with van der Waals surface area (Å²) in [7, 11) is 0. The van der Waals surface area contributed by atoms with Gasteiger partial charge >= 0.3 is 0 Å². The number of aryl methyl sites for hydroxylation is 1. The normalized spacial score (nSPS) is 10.5. The zero-order chi connectivity index (χ0) is 18.2. The van der Waals surface area contributed by atoms with Crippen LogP contribution in [0.3, 0.4) is 0 Å². The van der Waals surface area contributed by atoms with Crippen LogP contribution in [0.25, 0.3) is 0 Å². The number of hydrogen-bond donors (Lipinski definition) is 1. The zero-order valence-corrected chi connectivity index (χ0v) is 14.9. The molecule has 0 radical (unpaired) electrons. The Morgan fingerprint density at radius 2 is 2.12 bits per heavy atom. The van der Waals surface area contributed by atoms with E-state index >= 15 is 0 Å². The van der Waals surface area contributed by atoms with Crippen molar-refractivity contribution in [3.63, 3.8) is 0 Å². The van der Waals surface area contributed by atoms with E-state index in [1.54, 1.807) is 30.0 Å². The third-order valence-electron chi connectivity index (χ3n) is 3.35. The second-order valence-electron chi connectivity index (χ2n) is 5.40. The molecule has 2 aromatic rings. The molecule has 25 heavy (non-hydrogen) atoms. The van der Waals surface area contributed by atoms with E-state index in [1.807, 2.05) is 6.92 Å². The first kappa shape index (κ1) is 19.0. The maximum atomic E-state index is 13.2. The Morgan fingerprint density at radius 3 is 2.76 bits per heavy atom. The summed E-state index contributed by atoms with van der Waals surface area (Å²) in [6.45, 7) is 4.45. The van der Waals surface area contributed by atoms with Gasteiger partial charge in [-0.15, -0.1) is 11.8 Å². The molecule has 2 amide bonds. The third kappa shape index (κ3) is 6.22. The predicted molar refractivity (Wildman–Crippen MR) is 94.7 cm³/mol. The van der Waals surface area contributed by atoms with Crippen LogP contribution in [-0.2, 0) is 16.1 Å². The second kappa shape index (κ2) is 9.22. The number of carbonyl (C=O) groups excluding carboxylic acids is 2. The van der Waals surface area contributed by atoms with Crippen LogP contribution in [0, 0.1) is 12.7 Å². The summed E-state index contributed by atoms with van der Waals surface area (Å²) in [5.41, 5.74) is 0.736. The van der Waals surface area contributed by atoms with Gasteiger partial charge in [0.25, 0.3) is 0 Å². The van der Waals surface area contributed by atoms with E-state index in [4.69, 9.17) is 4.52 Å². The number of hydrogen-bond acceptors (Lipinski definition) is 5. The van der Waals surface area contributed by atoms with Crippen LogP contribution in [-0.4, -0.2) is 39.9 Å². The predicted octanol–water partition coefficient (Wildman–Crippen LogP) is 2.84. The summed E-state index contributed by atoms with van der Waals surface area (Å²) in [6.07, 6.45) is 0. The van der Waals surface area contributed by atoms with Crippen molar-refractivity contribution in [2.45, 2.75) is 20.4 Å². The first-order valence-corrected chi connectivity index (χ1v) is 8.96. The van der Waals surface area contributed by atoms with Crippen LogP contribution in [0.5, 0.6) is 0 Å². The molecule has 8 heteroatoms. The average molecular weight is 365 g/mol. The number of aromatic nitrogens is 1. The highest BCUT2D eigenvalue weighted by atomic mass is 32.2. The maximum Gasteiger partial charge on any atom is 0.235 e. The first-order valence-electron chi connectivity index (χ1n) is 7.81. The van der Waals surface area contributed by atoms with E-state index in [0.29, 0.717) is 24.7 Å². The van der Waals surface area contributed by atoms with E-state index in [9.17, 15) is 14.0 Å². The fourth-order valence-corrected chi connectivity index (χ4v) is 2.88. The van der Waals surface area contributed by atoms with Gasteiger partial charge in [0.1, 0.15) is 11.6 Å². The van der Waals surface area contributed by atoms with Gasteiger partial charge in [-0.1, -0.05) is 17.3 Å². The van der Waals surface area contributed by atoms with Crippen molar-refractivity contribution in [2.24, 2.45) is 0 Å². The van der Waals surface area contributed by atoms with Crippen LogP contribution in [0.2, 0.25) is 0 Å². The highest BCUT2D eigenvalue weighted by molar-refractivity contribution is 8.00. The Balaban J connectivity index is 1.76. The van der Waals surface area contributed by atoms with Gasteiger partial charge in [0.05, 0.1) is 11.5 Å². The average Bonchev–Trinajstić information content (AvgIpc) is 2.97. The van der Waals surface area contributed by atoms with Gasteiger partial charge in [0.15, 0.2) is 5.82 Å². The van der Waals surface area contributed by atoms with Gasteiger partial charge in [-0.2, -0.15) is 0 Å².